The van der Waals surface area contributed by atoms with Crippen molar-refractivity contribution in [1.82, 2.24) is 4.90 Å². The Morgan fingerprint density at radius 3 is 3.00 bits per heavy atom. The number of rotatable bonds is 1. The number of carbonyl (C=O) groups excluding carboxylic acids is 1. The number of morpholine rings is 1. The number of carbonyl (C=O) groups is 1. The summed E-state index contributed by atoms with van der Waals surface area (Å²) in [5.41, 5.74) is 5.25. The fraction of sp³-hybridized carbons (Fsp3) is 0.857. The highest BCUT2D eigenvalue weighted by Crippen LogP contribution is 2.27. The fourth-order valence-corrected chi connectivity index (χ4v) is 1.82. The molecule has 2 heterocycles. The van der Waals surface area contributed by atoms with Crippen LogP contribution in [0.2, 0.25) is 0 Å². The van der Waals surface area contributed by atoms with Gasteiger partial charge in [-0.3, -0.25) is 4.79 Å². The summed E-state index contributed by atoms with van der Waals surface area (Å²) < 4.78 is 5.34. The Hall–Kier alpha value is -0.610. The summed E-state index contributed by atoms with van der Waals surface area (Å²) in [6.45, 7) is 1.58. The van der Waals surface area contributed by atoms with Crippen LogP contribution in [0.15, 0.2) is 0 Å². The van der Waals surface area contributed by atoms with Crippen molar-refractivity contribution < 1.29 is 9.53 Å². The lowest BCUT2D eigenvalue weighted by Gasteiger charge is -2.26. The molecule has 2 bridgehead atoms. The number of ether oxygens (including phenoxy) is 1. The van der Waals surface area contributed by atoms with Gasteiger partial charge in [-0.2, -0.15) is 0 Å². The highest BCUT2D eigenvalue weighted by atomic mass is 16.5. The van der Waals surface area contributed by atoms with E-state index in [4.69, 9.17) is 10.5 Å². The molecular formula is C7H12N2O2. The second-order valence-corrected chi connectivity index (χ2v) is 3.10. The predicted molar refractivity (Wildman–Crippen MR) is 38.9 cm³/mol. The van der Waals surface area contributed by atoms with Crippen LogP contribution in [0.5, 0.6) is 0 Å². The van der Waals surface area contributed by atoms with Gasteiger partial charge in [0, 0.05) is 6.54 Å². The maximum Gasteiger partial charge on any atom is 0.236 e. The molecule has 2 N–H and O–H groups in total. The maximum atomic E-state index is 11.1. The average Bonchev–Trinajstić information content (AvgIpc) is 2.62. The van der Waals surface area contributed by atoms with Gasteiger partial charge in [0.15, 0.2) is 0 Å². The van der Waals surface area contributed by atoms with Crippen molar-refractivity contribution in [1.29, 1.82) is 0 Å². The average molecular weight is 156 g/mol. The van der Waals surface area contributed by atoms with E-state index in [1.807, 2.05) is 4.90 Å². The highest BCUT2D eigenvalue weighted by Gasteiger charge is 2.40. The minimum absolute atomic E-state index is 0.0563. The lowest BCUT2D eigenvalue weighted by atomic mass is 10.2. The standard InChI is InChI=1S/C7H12N2O2/c8-2-7(10)9-3-6-1-5(9)4-11-6/h5-6H,1-4,8H2/t5-,6+/m0/s1. The second-order valence-electron chi connectivity index (χ2n) is 3.10. The molecule has 4 heteroatoms. The Morgan fingerprint density at radius 2 is 2.55 bits per heavy atom. The number of nitrogens with zero attached hydrogens (tertiary/aromatic N) is 1. The summed E-state index contributed by atoms with van der Waals surface area (Å²) in [5, 5.41) is 0. The number of amides is 1. The number of fused-ring (bicyclic) bond motifs is 2. The quantitative estimate of drug-likeness (QED) is 0.526. The van der Waals surface area contributed by atoms with E-state index in [1.165, 1.54) is 0 Å². The van der Waals surface area contributed by atoms with Gasteiger partial charge in [0.1, 0.15) is 0 Å². The maximum absolute atomic E-state index is 11.1. The number of likely N-dealkylation sites (tertiary alicyclic amines) is 1. The number of hydrogen-bond acceptors (Lipinski definition) is 3. The summed E-state index contributed by atoms with van der Waals surface area (Å²) >= 11 is 0. The minimum atomic E-state index is 0.0563. The largest absolute Gasteiger partial charge is 0.374 e. The molecule has 2 atom stereocenters. The third kappa shape index (κ3) is 1.02. The molecular weight excluding hydrogens is 144 g/mol. The van der Waals surface area contributed by atoms with Gasteiger partial charge in [0.05, 0.1) is 25.3 Å². The lowest BCUT2D eigenvalue weighted by molar-refractivity contribution is -0.134. The normalized spacial score (nSPS) is 34.8. The van der Waals surface area contributed by atoms with Gasteiger partial charge in [-0.15, -0.1) is 0 Å². The number of nitrogens with two attached hydrogens (primary N) is 1. The molecule has 2 rings (SSSR count). The van der Waals surface area contributed by atoms with Gasteiger partial charge in [-0.05, 0) is 6.42 Å². The second kappa shape index (κ2) is 2.46. The van der Waals surface area contributed by atoms with Gasteiger partial charge >= 0.3 is 0 Å². The molecule has 0 aromatic rings. The van der Waals surface area contributed by atoms with Crippen molar-refractivity contribution in [2.45, 2.75) is 18.6 Å². The molecule has 0 saturated carbocycles. The van der Waals surface area contributed by atoms with E-state index < -0.39 is 0 Å². The molecule has 2 aliphatic heterocycles. The zero-order valence-corrected chi connectivity index (χ0v) is 6.32. The van der Waals surface area contributed by atoms with Crippen molar-refractivity contribution >= 4 is 5.91 Å². The zero-order valence-electron chi connectivity index (χ0n) is 6.32. The summed E-state index contributed by atoms with van der Waals surface area (Å²) in [5.74, 6) is 0.0563. The molecule has 0 aromatic carbocycles. The van der Waals surface area contributed by atoms with E-state index >= 15 is 0 Å². The molecule has 4 nitrogen and oxygen atoms in total. The molecule has 2 saturated heterocycles. The van der Waals surface area contributed by atoms with Crippen molar-refractivity contribution in [3.8, 4) is 0 Å². The molecule has 0 unspecified atom stereocenters. The van der Waals surface area contributed by atoms with Crippen molar-refractivity contribution in [3.05, 3.63) is 0 Å². The molecule has 62 valence electrons. The lowest BCUT2D eigenvalue weighted by Crippen LogP contribution is -2.44. The first-order chi connectivity index (χ1) is 5.31. The SMILES string of the molecule is NCC(=O)N1C[C@H]2C[C@H]1CO2. The van der Waals surface area contributed by atoms with Gasteiger partial charge in [-0.1, -0.05) is 0 Å². The van der Waals surface area contributed by atoms with Gasteiger partial charge < -0.3 is 15.4 Å². The first-order valence-electron chi connectivity index (χ1n) is 3.92. The van der Waals surface area contributed by atoms with E-state index in [1.54, 1.807) is 0 Å². The first-order valence-corrected chi connectivity index (χ1v) is 3.92. The summed E-state index contributed by atoms with van der Waals surface area (Å²) in [4.78, 5) is 13.0. The van der Waals surface area contributed by atoms with Gasteiger partial charge in [0.25, 0.3) is 0 Å². The Morgan fingerprint density at radius 1 is 1.73 bits per heavy atom. The van der Waals surface area contributed by atoms with Crippen LogP contribution in [0.3, 0.4) is 0 Å². The van der Waals surface area contributed by atoms with Crippen molar-refractivity contribution in [2.24, 2.45) is 5.73 Å². The smallest absolute Gasteiger partial charge is 0.236 e. The van der Waals surface area contributed by atoms with Crippen LogP contribution < -0.4 is 5.73 Å². The predicted octanol–water partition coefficient (Wildman–Crippen LogP) is -1.06. The van der Waals surface area contributed by atoms with Crippen LogP contribution in [0.25, 0.3) is 0 Å². The summed E-state index contributed by atoms with van der Waals surface area (Å²) in [6, 6.07) is 0.316. The minimum Gasteiger partial charge on any atom is -0.374 e. The van der Waals surface area contributed by atoms with Crippen molar-refractivity contribution in [3.63, 3.8) is 0 Å². The Labute approximate surface area is 65.3 Å². The topological polar surface area (TPSA) is 55.6 Å². The van der Waals surface area contributed by atoms with E-state index in [-0.39, 0.29) is 18.6 Å². The van der Waals surface area contributed by atoms with Crippen LogP contribution in [0.4, 0.5) is 0 Å². The zero-order chi connectivity index (χ0) is 7.84. The van der Waals surface area contributed by atoms with E-state index in [2.05, 4.69) is 0 Å². The fourth-order valence-electron chi connectivity index (χ4n) is 1.82. The summed E-state index contributed by atoms with van der Waals surface area (Å²) in [7, 11) is 0. The third-order valence-corrected chi connectivity index (χ3v) is 2.40. The Kier molecular flexibility index (Phi) is 1.58. The van der Waals surface area contributed by atoms with E-state index in [9.17, 15) is 4.79 Å². The van der Waals surface area contributed by atoms with Crippen molar-refractivity contribution in [2.75, 3.05) is 19.7 Å². The molecule has 0 radical (unpaired) electrons. The molecule has 0 spiro atoms. The molecule has 0 aliphatic carbocycles. The monoisotopic (exact) mass is 156 g/mol. The van der Waals surface area contributed by atoms with Crippen LogP contribution in [0.1, 0.15) is 6.42 Å². The molecule has 2 aliphatic rings. The van der Waals surface area contributed by atoms with E-state index in [0.717, 1.165) is 13.0 Å². The highest BCUT2D eigenvalue weighted by molar-refractivity contribution is 5.78. The number of hydrogen-bond donors (Lipinski definition) is 1. The van der Waals surface area contributed by atoms with Crippen LogP contribution in [-0.4, -0.2) is 42.6 Å². The Balaban J connectivity index is 2.02. The molecule has 11 heavy (non-hydrogen) atoms. The third-order valence-electron chi connectivity index (χ3n) is 2.40. The Bertz CT molecular complexity index is 183. The van der Waals surface area contributed by atoms with Gasteiger partial charge in [0.2, 0.25) is 5.91 Å². The van der Waals surface area contributed by atoms with Gasteiger partial charge in [-0.25, -0.2) is 0 Å². The molecule has 1 amide bonds. The van der Waals surface area contributed by atoms with Crippen LogP contribution in [0, 0.1) is 0 Å². The van der Waals surface area contributed by atoms with Crippen LogP contribution >= 0.6 is 0 Å². The van der Waals surface area contributed by atoms with E-state index in [0.29, 0.717) is 12.6 Å². The molecule has 2 fully saturated rings. The summed E-state index contributed by atoms with van der Waals surface area (Å²) in [6.07, 6.45) is 1.29. The molecule has 0 aromatic heterocycles. The first kappa shape index (κ1) is 7.06. The van der Waals surface area contributed by atoms with Crippen LogP contribution in [-0.2, 0) is 9.53 Å².